The first-order valence-electron chi connectivity index (χ1n) is 3.12. The molecule has 0 aromatic carbocycles. The Bertz CT molecular complexity index is 443. The summed E-state index contributed by atoms with van der Waals surface area (Å²) in [6.07, 6.45) is 0. The second-order valence-electron chi connectivity index (χ2n) is 2.18. The van der Waals surface area contributed by atoms with Crippen LogP contribution >= 0.6 is 11.3 Å². The Balaban J connectivity index is 3.02. The minimum Gasteiger partial charge on any atom is -0.407 e. The molecule has 2 aromatic heterocycles. The predicted octanol–water partition coefficient (Wildman–Crippen LogP) is 1.56. The molecule has 0 fully saturated rings. The summed E-state index contributed by atoms with van der Waals surface area (Å²) < 4.78 is 5.77. The number of aryl methyl sites for hydroxylation is 1. The van der Waals surface area contributed by atoms with E-state index < -0.39 is 5.76 Å². The molecule has 0 saturated heterocycles. The predicted molar refractivity (Wildman–Crippen MR) is 42.9 cm³/mol. The van der Waals surface area contributed by atoms with Crippen LogP contribution in [0.25, 0.3) is 10.3 Å². The Morgan fingerprint density at radius 2 is 2.45 bits per heavy atom. The molecule has 0 aliphatic rings. The van der Waals surface area contributed by atoms with Crippen LogP contribution in [0, 0.1) is 6.92 Å². The third-order valence-electron chi connectivity index (χ3n) is 1.41. The summed E-state index contributed by atoms with van der Waals surface area (Å²) >= 11 is 1.53. The topological polar surface area (TPSA) is 43.1 Å². The lowest BCUT2D eigenvalue weighted by atomic mass is 10.4. The van der Waals surface area contributed by atoms with E-state index in [1.807, 2.05) is 5.38 Å². The van der Waals surface area contributed by atoms with Crippen LogP contribution in [0.3, 0.4) is 0 Å². The third kappa shape index (κ3) is 0.952. The molecule has 0 aliphatic heterocycles. The average Bonchev–Trinajstić information content (AvgIpc) is 2.34. The van der Waals surface area contributed by atoms with Gasteiger partial charge in [-0.05, 0) is 18.4 Å². The van der Waals surface area contributed by atoms with E-state index in [0.29, 0.717) is 5.58 Å². The maximum absolute atomic E-state index is 10.7. The van der Waals surface area contributed by atoms with Crippen LogP contribution in [-0.4, -0.2) is 4.98 Å². The van der Waals surface area contributed by atoms with Crippen LogP contribution in [-0.2, 0) is 0 Å². The normalized spacial score (nSPS) is 10.6. The van der Waals surface area contributed by atoms with E-state index in [4.69, 9.17) is 4.42 Å². The molecular weight excluding hydrogens is 162 g/mol. The molecule has 0 amide bonds. The molecular formula is C7H5NO2S. The molecule has 0 spiro atoms. The van der Waals surface area contributed by atoms with E-state index in [9.17, 15) is 4.79 Å². The Hall–Kier alpha value is -1.16. The molecule has 3 nitrogen and oxygen atoms in total. The summed E-state index contributed by atoms with van der Waals surface area (Å²) in [5, 5.41) is 1.88. The van der Waals surface area contributed by atoms with Gasteiger partial charge in [0.2, 0.25) is 0 Å². The Morgan fingerprint density at radius 1 is 1.64 bits per heavy atom. The van der Waals surface area contributed by atoms with Gasteiger partial charge in [0, 0.05) is 0 Å². The van der Waals surface area contributed by atoms with Gasteiger partial charge in [-0.25, -0.2) is 4.79 Å². The Kier molecular flexibility index (Phi) is 1.29. The molecule has 56 valence electrons. The Morgan fingerprint density at radius 3 is 3.27 bits per heavy atom. The van der Waals surface area contributed by atoms with Gasteiger partial charge in [0.1, 0.15) is 0 Å². The van der Waals surface area contributed by atoms with Crippen molar-refractivity contribution in [2.45, 2.75) is 6.92 Å². The second-order valence-corrected chi connectivity index (χ2v) is 3.10. The largest absolute Gasteiger partial charge is 0.439 e. The molecule has 2 rings (SSSR count). The van der Waals surface area contributed by atoms with E-state index in [1.54, 1.807) is 13.0 Å². The maximum Gasteiger partial charge on any atom is 0.439 e. The van der Waals surface area contributed by atoms with Crippen molar-refractivity contribution in [3.8, 4) is 0 Å². The van der Waals surface area contributed by atoms with E-state index in [-0.39, 0.29) is 0 Å². The van der Waals surface area contributed by atoms with Gasteiger partial charge >= 0.3 is 5.76 Å². The summed E-state index contributed by atoms with van der Waals surface area (Å²) in [4.78, 5) is 14.4. The van der Waals surface area contributed by atoms with Crippen LogP contribution in [0.4, 0.5) is 0 Å². The Labute approximate surface area is 66.3 Å². The van der Waals surface area contributed by atoms with Gasteiger partial charge in [0.15, 0.2) is 5.58 Å². The molecule has 0 bridgehead atoms. The lowest BCUT2D eigenvalue weighted by Gasteiger charge is -1.89. The minimum absolute atomic E-state index is 0.520. The molecule has 0 unspecified atom stereocenters. The molecule has 0 N–H and O–H groups in total. The van der Waals surface area contributed by atoms with Crippen molar-refractivity contribution in [3.63, 3.8) is 0 Å². The van der Waals surface area contributed by atoms with Gasteiger partial charge < -0.3 is 4.42 Å². The number of fused-ring (bicyclic) bond motifs is 1. The summed E-state index contributed by atoms with van der Waals surface area (Å²) in [5.41, 5.74) is 1.37. The first-order chi connectivity index (χ1) is 5.27. The van der Waals surface area contributed by atoms with Gasteiger partial charge in [-0.2, -0.15) is 4.98 Å². The maximum atomic E-state index is 10.7. The number of nitrogens with zero attached hydrogens (tertiary/aromatic N) is 1. The molecule has 0 saturated carbocycles. The highest BCUT2D eigenvalue weighted by atomic mass is 32.1. The third-order valence-corrected chi connectivity index (χ3v) is 2.42. The van der Waals surface area contributed by atoms with Crippen molar-refractivity contribution < 1.29 is 4.42 Å². The number of aromatic nitrogens is 1. The lowest BCUT2D eigenvalue weighted by Crippen LogP contribution is -2.03. The molecule has 2 aromatic rings. The standard InChI is InChI=1S/C7H5NO2S/c1-4-6-5(2-3-11-6)10-7(9)8-4/h2-3H,1H3. The average molecular weight is 167 g/mol. The molecule has 2 heterocycles. The number of rotatable bonds is 0. The molecule has 11 heavy (non-hydrogen) atoms. The molecule has 0 radical (unpaired) electrons. The summed E-state index contributed by atoms with van der Waals surface area (Å²) in [6.45, 7) is 1.80. The van der Waals surface area contributed by atoms with Crippen LogP contribution in [0.15, 0.2) is 20.7 Å². The van der Waals surface area contributed by atoms with Crippen LogP contribution < -0.4 is 5.76 Å². The summed E-state index contributed by atoms with van der Waals surface area (Å²) in [5.74, 6) is -0.520. The number of hydrogen-bond donors (Lipinski definition) is 0. The zero-order valence-corrected chi connectivity index (χ0v) is 6.64. The van der Waals surface area contributed by atoms with E-state index in [1.165, 1.54) is 11.3 Å². The van der Waals surface area contributed by atoms with Gasteiger partial charge in [-0.15, -0.1) is 11.3 Å². The minimum atomic E-state index is -0.520. The van der Waals surface area contributed by atoms with Gasteiger partial charge in [0.25, 0.3) is 0 Å². The lowest BCUT2D eigenvalue weighted by molar-refractivity contribution is 0.530. The van der Waals surface area contributed by atoms with Crippen LogP contribution in [0.1, 0.15) is 5.69 Å². The van der Waals surface area contributed by atoms with Crippen molar-refractivity contribution in [3.05, 3.63) is 27.7 Å². The van der Waals surface area contributed by atoms with E-state index in [0.717, 1.165) is 10.4 Å². The zero-order chi connectivity index (χ0) is 7.84. The second kappa shape index (κ2) is 2.17. The van der Waals surface area contributed by atoms with Crippen molar-refractivity contribution in [2.24, 2.45) is 0 Å². The van der Waals surface area contributed by atoms with Gasteiger partial charge in [-0.3, -0.25) is 0 Å². The summed E-state index contributed by atoms with van der Waals surface area (Å²) in [7, 11) is 0. The van der Waals surface area contributed by atoms with E-state index in [2.05, 4.69) is 4.98 Å². The van der Waals surface area contributed by atoms with Gasteiger partial charge in [-0.1, -0.05) is 0 Å². The molecule has 4 heteroatoms. The highest BCUT2D eigenvalue weighted by Crippen LogP contribution is 2.20. The smallest absolute Gasteiger partial charge is 0.407 e. The fourth-order valence-electron chi connectivity index (χ4n) is 0.946. The fourth-order valence-corrected chi connectivity index (χ4v) is 1.72. The molecule has 0 aliphatic carbocycles. The van der Waals surface area contributed by atoms with Gasteiger partial charge in [0.05, 0.1) is 10.4 Å². The zero-order valence-electron chi connectivity index (χ0n) is 5.83. The highest BCUT2D eigenvalue weighted by molar-refractivity contribution is 7.17. The monoisotopic (exact) mass is 167 g/mol. The van der Waals surface area contributed by atoms with Crippen molar-refractivity contribution in [1.29, 1.82) is 0 Å². The number of thiophene rings is 1. The summed E-state index contributed by atoms with van der Waals surface area (Å²) in [6, 6.07) is 1.77. The van der Waals surface area contributed by atoms with Crippen molar-refractivity contribution >= 4 is 21.6 Å². The highest BCUT2D eigenvalue weighted by Gasteiger charge is 2.02. The van der Waals surface area contributed by atoms with Crippen molar-refractivity contribution in [1.82, 2.24) is 4.98 Å². The SMILES string of the molecule is Cc1nc(=O)oc2ccsc12. The number of hydrogen-bond acceptors (Lipinski definition) is 4. The first-order valence-corrected chi connectivity index (χ1v) is 4.00. The fraction of sp³-hybridized carbons (Fsp3) is 0.143. The molecule has 0 atom stereocenters. The quantitative estimate of drug-likeness (QED) is 0.598. The van der Waals surface area contributed by atoms with Crippen LogP contribution in [0.5, 0.6) is 0 Å². The van der Waals surface area contributed by atoms with Crippen molar-refractivity contribution in [2.75, 3.05) is 0 Å². The van der Waals surface area contributed by atoms with E-state index >= 15 is 0 Å². The first kappa shape index (κ1) is 6.54. The van der Waals surface area contributed by atoms with Crippen LogP contribution in [0.2, 0.25) is 0 Å².